The molecule has 128 valence electrons. The van der Waals surface area contributed by atoms with E-state index in [0.29, 0.717) is 18.4 Å². The van der Waals surface area contributed by atoms with Crippen LogP contribution in [0, 0.1) is 0 Å². The van der Waals surface area contributed by atoms with E-state index in [1.54, 1.807) is 0 Å². The smallest absolute Gasteiger partial charge is 0.195 e. The predicted octanol–water partition coefficient (Wildman–Crippen LogP) is 4.71. The van der Waals surface area contributed by atoms with Crippen LogP contribution in [0.1, 0.15) is 37.8 Å². The van der Waals surface area contributed by atoms with E-state index in [0.717, 1.165) is 28.7 Å². The van der Waals surface area contributed by atoms with Crippen molar-refractivity contribution >= 4 is 11.4 Å². The molecule has 2 aliphatic heterocycles. The van der Waals surface area contributed by atoms with E-state index < -0.39 is 11.7 Å². The molecule has 0 radical (unpaired) electrons. The topological polar surface area (TPSA) is 46.5 Å². The highest BCUT2D eigenvalue weighted by Gasteiger charge is 2.50. The van der Waals surface area contributed by atoms with Crippen molar-refractivity contribution < 1.29 is 14.6 Å². The number of carbonyl (C=O) groups is 1. The van der Waals surface area contributed by atoms with Crippen LogP contribution in [-0.4, -0.2) is 22.6 Å². The van der Waals surface area contributed by atoms with Crippen LogP contribution < -0.4 is 0 Å². The molecule has 0 spiro atoms. The summed E-state index contributed by atoms with van der Waals surface area (Å²) >= 11 is 0. The van der Waals surface area contributed by atoms with Gasteiger partial charge in [0.25, 0.3) is 0 Å². The van der Waals surface area contributed by atoms with Gasteiger partial charge in [0.2, 0.25) is 0 Å². The van der Waals surface area contributed by atoms with Gasteiger partial charge in [-0.15, -0.1) is 0 Å². The standard InChI is InChI=1S/C22H22O3/c1-3-14-13-16(15-7-5-4-6-8-15)9-10-17(14)19-20(23)18-11-12-22(2,25-18)21(19)24/h4-10,13,18,24H,3,11-12H2,1-2H3/t18-,22+/m0/s1. The maximum absolute atomic E-state index is 12.8. The molecule has 0 amide bonds. The number of hydrogen-bond acceptors (Lipinski definition) is 3. The molecular weight excluding hydrogens is 312 g/mol. The van der Waals surface area contributed by atoms with Crippen molar-refractivity contribution in [1.29, 1.82) is 0 Å². The van der Waals surface area contributed by atoms with Gasteiger partial charge in [0.05, 0.1) is 5.57 Å². The maximum atomic E-state index is 12.8. The summed E-state index contributed by atoms with van der Waals surface area (Å²) in [5.74, 6) is 0.00282. The van der Waals surface area contributed by atoms with Crippen LogP contribution in [0.5, 0.6) is 0 Å². The largest absolute Gasteiger partial charge is 0.508 e. The fourth-order valence-electron chi connectivity index (χ4n) is 3.94. The Labute approximate surface area is 148 Å². The Bertz CT molecular complexity index is 866. The van der Waals surface area contributed by atoms with Crippen molar-refractivity contribution in [3.8, 4) is 11.1 Å². The molecule has 1 saturated heterocycles. The molecule has 1 fully saturated rings. The molecule has 0 aromatic heterocycles. The average Bonchev–Trinajstić information content (AvgIpc) is 3.02. The lowest BCUT2D eigenvalue weighted by Gasteiger charge is -2.31. The monoisotopic (exact) mass is 334 g/mol. The molecule has 0 aliphatic carbocycles. The van der Waals surface area contributed by atoms with E-state index in [1.165, 1.54) is 0 Å². The third kappa shape index (κ3) is 2.50. The summed E-state index contributed by atoms with van der Waals surface area (Å²) in [6, 6.07) is 16.3. The lowest BCUT2D eigenvalue weighted by atomic mass is 9.87. The van der Waals surface area contributed by atoms with Crippen LogP contribution >= 0.6 is 0 Å². The molecule has 2 aromatic carbocycles. The number of hydrogen-bond donors (Lipinski definition) is 1. The highest BCUT2D eigenvalue weighted by atomic mass is 16.5. The molecule has 2 atom stereocenters. The minimum Gasteiger partial charge on any atom is -0.508 e. The Hall–Kier alpha value is -2.39. The first-order valence-corrected chi connectivity index (χ1v) is 8.88. The minimum absolute atomic E-state index is 0.0883. The summed E-state index contributed by atoms with van der Waals surface area (Å²) in [6.45, 7) is 3.95. The van der Waals surface area contributed by atoms with Gasteiger partial charge in [-0.25, -0.2) is 0 Å². The SMILES string of the molecule is CCc1cc(-c2ccccc2)ccc1C1=C(O)[C@@]2(C)CC[C@H](O2)C1=O. The van der Waals surface area contributed by atoms with Crippen molar-refractivity contribution in [3.63, 3.8) is 0 Å². The van der Waals surface area contributed by atoms with Gasteiger partial charge < -0.3 is 9.84 Å². The Morgan fingerprint density at radius 3 is 2.64 bits per heavy atom. The second-order valence-corrected chi connectivity index (χ2v) is 7.06. The van der Waals surface area contributed by atoms with Crippen LogP contribution in [0.3, 0.4) is 0 Å². The van der Waals surface area contributed by atoms with E-state index >= 15 is 0 Å². The minimum atomic E-state index is -0.725. The number of aliphatic hydroxyl groups excluding tert-OH is 1. The van der Waals surface area contributed by atoms with E-state index in [9.17, 15) is 9.90 Å². The maximum Gasteiger partial charge on any atom is 0.195 e. The van der Waals surface area contributed by atoms with Gasteiger partial charge in [-0.3, -0.25) is 4.79 Å². The predicted molar refractivity (Wildman–Crippen MR) is 98.3 cm³/mol. The van der Waals surface area contributed by atoms with E-state index in [2.05, 4.69) is 25.1 Å². The number of ketones is 1. The lowest BCUT2D eigenvalue weighted by molar-refractivity contribution is -0.130. The summed E-state index contributed by atoms with van der Waals surface area (Å²) < 4.78 is 5.77. The van der Waals surface area contributed by atoms with Crippen LogP contribution in [0.4, 0.5) is 0 Å². The average molecular weight is 334 g/mol. The van der Waals surface area contributed by atoms with Crippen molar-refractivity contribution in [1.82, 2.24) is 0 Å². The summed E-state index contributed by atoms with van der Waals surface area (Å²) in [5.41, 5.74) is 3.90. The highest BCUT2D eigenvalue weighted by Crippen LogP contribution is 2.45. The second-order valence-electron chi connectivity index (χ2n) is 7.06. The molecule has 2 aliphatic rings. The fraction of sp³-hybridized carbons (Fsp3) is 0.318. The summed E-state index contributed by atoms with van der Waals surface area (Å²) in [5, 5.41) is 10.8. The number of ether oxygens (including phenoxy) is 1. The van der Waals surface area contributed by atoms with Crippen LogP contribution in [0.25, 0.3) is 16.7 Å². The van der Waals surface area contributed by atoms with E-state index in [-0.39, 0.29) is 11.5 Å². The molecule has 0 unspecified atom stereocenters. The van der Waals surface area contributed by atoms with Gasteiger partial charge in [0.15, 0.2) is 5.78 Å². The van der Waals surface area contributed by atoms with Crippen molar-refractivity contribution in [2.75, 3.05) is 0 Å². The molecule has 25 heavy (non-hydrogen) atoms. The molecule has 0 saturated carbocycles. The van der Waals surface area contributed by atoms with Crippen LogP contribution in [-0.2, 0) is 16.0 Å². The zero-order chi connectivity index (χ0) is 17.6. The first kappa shape index (κ1) is 16.1. The number of carbonyl (C=O) groups excluding carboxylic acids is 1. The van der Waals surface area contributed by atoms with E-state index in [4.69, 9.17) is 4.74 Å². The summed E-state index contributed by atoms with van der Waals surface area (Å²) in [7, 11) is 0. The number of benzene rings is 2. The first-order valence-electron chi connectivity index (χ1n) is 8.88. The summed E-state index contributed by atoms with van der Waals surface area (Å²) in [4.78, 5) is 12.8. The highest BCUT2D eigenvalue weighted by molar-refractivity contribution is 6.25. The molecule has 3 nitrogen and oxygen atoms in total. The van der Waals surface area contributed by atoms with Crippen molar-refractivity contribution in [2.45, 2.75) is 44.8 Å². The third-order valence-corrected chi connectivity index (χ3v) is 5.43. The van der Waals surface area contributed by atoms with Gasteiger partial charge in [0, 0.05) is 0 Å². The van der Waals surface area contributed by atoms with Crippen LogP contribution in [0.2, 0.25) is 0 Å². The molecule has 3 heteroatoms. The number of aryl methyl sites for hydroxylation is 1. The van der Waals surface area contributed by atoms with Gasteiger partial charge >= 0.3 is 0 Å². The fourth-order valence-corrected chi connectivity index (χ4v) is 3.94. The quantitative estimate of drug-likeness (QED) is 0.884. The normalized spacial score (nSPS) is 25.5. The number of fused-ring (bicyclic) bond motifs is 2. The molecule has 1 N–H and O–H groups in total. The third-order valence-electron chi connectivity index (χ3n) is 5.43. The number of rotatable bonds is 3. The molecule has 4 rings (SSSR count). The zero-order valence-electron chi connectivity index (χ0n) is 14.6. The first-order chi connectivity index (χ1) is 12.0. The van der Waals surface area contributed by atoms with Gasteiger partial charge in [-0.2, -0.15) is 0 Å². The van der Waals surface area contributed by atoms with Crippen molar-refractivity contribution in [3.05, 3.63) is 65.4 Å². The molecular formula is C22H22O3. The van der Waals surface area contributed by atoms with Crippen LogP contribution in [0.15, 0.2) is 54.3 Å². The van der Waals surface area contributed by atoms with Gasteiger partial charge in [-0.1, -0.05) is 55.5 Å². The van der Waals surface area contributed by atoms with Gasteiger partial charge in [0.1, 0.15) is 17.5 Å². The second kappa shape index (κ2) is 5.85. The molecule has 2 heterocycles. The van der Waals surface area contributed by atoms with Gasteiger partial charge in [-0.05, 0) is 48.4 Å². The Morgan fingerprint density at radius 2 is 1.92 bits per heavy atom. The number of aliphatic hydroxyl groups is 1. The van der Waals surface area contributed by atoms with Crippen molar-refractivity contribution in [2.24, 2.45) is 0 Å². The Balaban J connectivity index is 1.85. The molecule has 2 aromatic rings. The Kier molecular flexibility index (Phi) is 3.77. The van der Waals surface area contributed by atoms with E-state index in [1.807, 2.05) is 37.3 Å². The lowest BCUT2D eigenvalue weighted by Crippen LogP contribution is -2.37. The number of Topliss-reactive ketones (excluding diaryl/α,β-unsaturated/α-hetero) is 1. The zero-order valence-corrected chi connectivity index (χ0v) is 14.6. The summed E-state index contributed by atoms with van der Waals surface area (Å²) in [6.07, 6.45) is 1.73. The molecule has 2 bridgehead atoms. The Morgan fingerprint density at radius 1 is 1.16 bits per heavy atom.